The van der Waals surface area contributed by atoms with Crippen LogP contribution in [0.5, 0.6) is 23.3 Å². The van der Waals surface area contributed by atoms with Gasteiger partial charge < -0.3 is 19.7 Å². The van der Waals surface area contributed by atoms with Gasteiger partial charge in [0.2, 0.25) is 23.3 Å². The van der Waals surface area contributed by atoms with Crippen molar-refractivity contribution in [2.24, 2.45) is 5.92 Å². The summed E-state index contributed by atoms with van der Waals surface area (Å²) in [7, 11) is 0. The fraction of sp³-hybridized carbons (Fsp3) is 0.273. The number of nitrogens with zero attached hydrogens (tertiary/aromatic N) is 1. The first-order valence-corrected chi connectivity index (χ1v) is 13.8. The zero-order chi connectivity index (χ0) is 28.1. The van der Waals surface area contributed by atoms with Crippen molar-refractivity contribution >= 4 is 11.9 Å². The number of carbonyl (C=O) groups is 2. The summed E-state index contributed by atoms with van der Waals surface area (Å²) in [6.45, 7) is 2.24. The first-order valence-electron chi connectivity index (χ1n) is 13.8. The molecule has 1 aromatic heterocycles. The Labute approximate surface area is 233 Å². The van der Waals surface area contributed by atoms with E-state index in [4.69, 9.17) is 9.47 Å². The Kier molecular flexibility index (Phi) is 8.20. The number of hydrogen-bond acceptors (Lipinski definition) is 6. The standard InChI is InChI=1S/C33H33NO6/c1-2-9-22-14-16-23(17-15-22)24-18-20-27(21-19-24)34-30(35)28(39-32(37)25-10-5-3-6-11-25)29(31(34)36)40-33(38)26-12-7-4-8-13-26/h3-8,10-13,18-23,35-36H,2,9,14-17H2,1H3. The lowest BCUT2D eigenvalue weighted by Crippen LogP contribution is -2.13. The minimum Gasteiger partial charge on any atom is -0.491 e. The van der Waals surface area contributed by atoms with Crippen LogP contribution in [-0.2, 0) is 0 Å². The van der Waals surface area contributed by atoms with Gasteiger partial charge in [-0.2, -0.15) is 0 Å². The van der Waals surface area contributed by atoms with E-state index in [1.54, 1.807) is 72.8 Å². The molecule has 1 saturated carbocycles. The van der Waals surface area contributed by atoms with Gasteiger partial charge in [0.05, 0.1) is 16.8 Å². The van der Waals surface area contributed by atoms with E-state index in [1.807, 2.05) is 12.1 Å². The quantitative estimate of drug-likeness (QED) is 0.226. The number of ether oxygens (including phenoxy) is 2. The zero-order valence-corrected chi connectivity index (χ0v) is 22.5. The molecular formula is C33H33NO6. The Hall–Kier alpha value is -4.52. The van der Waals surface area contributed by atoms with Crippen molar-refractivity contribution < 1.29 is 29.3 Å². The first-order chi connectivity index (χ1) is 19.5. The van der Waals surface area contributed by atoms with E-state index in [1.165, 1.54) is 31.2 Å². The van der Waals surface area contributed by atoms with E-state index in [0.717, 1.165) is 23.3 Å². The number of benzene rings is 3. The summed E-state index contributed by atoms with van der Waals surface area (Å²) in [5.74, 6) is -2.31. The number of aromatic nitrogens is 1. The molecule has 40 heavy (non-hydrogen) atoms. The fourth-order valence-corrected chi connectivity index (χ4v) is 5.48. The van der Waals surface area contributed by atoms with Gasteiger partial charge in [0, 0.05) is 0 Å². The molecule has 3 aromatic carbocycles. The lowest BCUT2D eigenvalue weighted by molar-refractivity contribution is 0.0677. The van der Waals surface area contributed by atoms with E-state index in [9.17, 15) is 19.8 Å². The number of carbonyl (C=O) groups excluding carboxylic acids is 2. The van der Waals surface area contributed by atoms with Gasteiger partial charge in [0.15, 0.2) is 0 Å². The summed E-state index contributed by atoms with van der Waals surface area (Å²) in [5, 5.41) is 22.3. The molecule has 0 spiro atoms. The normalized spacial score (nSPS) is 16.8. The molecule has 1 fully saturated rings. The molecule has 0 radical (unpaired) electrons. The molecule has 0 saturated heterocycles. The molecule has 2 N–H and O–H groups in total. The van der Waals surface area contributed by atoms with Crippen molar-refractivity contribution in [2.75, 3.05) is 0 Å². The van der Waals surface area contributed by atoms with Gasteiger partial charge in [-0.1, -0.05) is 68.3 Å². The lowest BCUT2D eigenvalue weighted by Gasteiger charge is -2.28. The second-order valence-electron chi connectivity index (χ2n) is 10.2. The Morgan fingerprint density at radius 1 is 0.725 bits per heavy atom. The molecule has 4 aromatic rings. The Balaban J connectivity index is 1.45. The van der Waals surface area contributed by atoms with Gasteiger partial charge in [-0.25, -0.2) is 14.2 Å². The van der Waals surface area contributed by atoms with Crippen LogP contribution in [0.15, 0.2) is 84.9 Å². The molecule has 7 nitrogen and oxygen atoms in total. The zero-order valence-electron chi connectivity index (χ0n) is 22.5. The van der Waals surface area contributed by atoms with Crippen LogP contribution in [0.4, 0.5) is 0 Å². The van der Waals surface area contributed by atoms with Gasteiger partial charge >= 0.3 is 11.9 Å². The van der Waals surface area contributed by atoms with Crippen LogP contribution in [-0.4, -0.2) is 26.7 Å². The van der Waals surface area contributed by atoms with Crippen LogP contribution in [0.2, 0.25) is 0 Å². The van der Waals surface area contributed by atoms with E-state index in [2.05, 4.69) is 6.92 Å². The van der Waals surface area contributed by atoms with Gasteiger partial charge in [-0.15, -0.1) is 0 Å². The third kappa shape index (κ3) is 5.73. The Bertz CT molecular complexity index is 1380. The average molecular weight is 540 g/mol. The van der Waals surface area contributed by atoms with E-state index in [-0.39, 0.29) is 11.1 Å². The summed E-state index contributed by atoms with van der Waals surface area (Å²) in [6, 6.07) is 24.0. The average Bonchev–Trinajstić information content (AvgIpc) is 3.22. The maximum absolute atomic E-state index is 12.9. The van der Waals surface area contributed by atoms with Crippen LogP contribution in [0.3, 0.4) is 0 Å². The molecule has 206 valence electrons. The smallest absolute Gasteiger partial charge is 0.343 e. The van der Waals surface area contributed by atoms with Crippen LogP contribution in [0, 0.1) is 5.92 Å². The van der Waals surface area contributed by atoms with Crippen molar-refractivity contribution in [2.45, 2.75) is 51.4 Å². The van der Waals surface area contributed by atoms with Crippen molar-refractivity contribution in [3.05, 3.63) is 102 Å². The maximum Gasteiger partial charge on any atom is 0.343 e. The number of aromatic hydroxyl groups is 2. The highest BCUT2D eigenvalue weighted by Gasteiger charge is 2.31. The fourth-order valence-electron chi connectivity index (χ4n) is 5.48. The monoisotopic (exact) mass is 539 g/mol. The second-order valence-corrected chi connectivity index (χ2v) is 10.2. The Morgan fingerprint density at radius 2 is 1.20 bits per heavy atom. The summed E-state index contributed by atoms with van der Waals surface area (Å²) >= 11 is 0. The van der Waals surface area contributed by atoms with Crippen LogP contribution in [0.25, 0.3) is 5.69 Å². The topological polar surface area (TPSA) is 98.0 Å². The molecule has 1 heterocycles. The van der Waals surface area contributed by atoms with Crippen molar-refractivity contribution in [1.29, 1.82) is 0 Å². The van der Waals surface area contributed by atoms with Gasteiger partial charge in [0.25, 0.3) is 0 Å². The molecular weight excluding hydrogens is 506 g/mol. The molecule has 7 heteroatoms. The van der Waals surface area contributed by atoms with E-state index in [0.29, 0.717) is 11.6 Å². The predicted molar refractivity (Wildman–Crippen MR) is 152 cm³/mol. The summed E-state index contributed by atoms with van der Waals surface area (Å²) in [5.41, 5.74) is 2.09. The Morgan fingerprint density at radius 3 is 1.65 bits per heavy atom. The van der Waals surface area contributed by atoms with Crippen molar-refractivity contribution in [3.8, 4) is 28.9 Å². The molecule has 0 aliphatic heterocycles. The maximum atomic E-state index is 12.9. The lowest BCUT2D eigenvalue weighted by atomic mass is 9.77. The molecule has 0 bridgehead atoms. The first kappa shape index (κ1) is 27.1. The van der Waals surface area contributed by atoms with Crippen LogP contribution in [0.1, 0.15) is 77.6 Å². The van der Waals surface area contributed by atoms with Crippen molar-refractivity contribution in [1.82, 2.24) is 4.57 Å². The SMILES string of the molecule is CCCC1CCC(c2ccc(-n3c(O)c(OC(=O)c4ccccc4)c(OC(=O)c4ccccc4)c3O)cc2)CC1. The third-order valence-corrected chi connectivity index (χ3v) is 7.61. The molecule has 5 rings (SSSR count). The van der Waals surface area contributed by atoms with Gasteiger partial charge in [0.1, 0.15) is 0 Å². The number of rotatable bonds is 8. The van der Waals surface area contributed by atoms with E-state index < -0.39 is 35.2 Å². The largest absolute Gasteiger partial charge is 0.491 e. The molecule has 1 aliphatic carbocycles. The van der Waals surface area contributed by atoms with Gasteiger partial charge in [-0.3, -0.25) is 0 Å². The predicted octanol–water partition coefficient (Wildman–Crippen LogP) is 7.40. The summed E-state index contributed by atoms with van der Waals surface area (Å²) < 4.78 is 12.1. The van der Waals surface area contributed by atoms with Gasteiger partial charge in [-0.05, 0) is 79.5 Å². The minimum atomic E-state index is -0.779. The molecule has 0 unspecified atom stereocenters. The van der Waals surface area contributed by atoms with E-state index >= 15 is 0 Å². The summed E-state index contributed by atoms with van der Waals surface area (Å²) in [4.78, 5) is 25.7. The number of hydrogen-bond donors (Lipinski definition) is 2. The van der Waals surface area contributed by atoms with Crippen LogP contribution < -0.4 is 9.47 Å². The molecule has 0 atom stereocenters. The number of esters is 2. The molecule has 1 aliphatic rings. The second kappa shape index (κ2) is 12.1. The highest BCUT2D eigenvalue weighted by molar-refractivity contribution is 5.94. The highest BCUT2D eigenvalue weighted by atomic mass is 16.6. The van der Waals surface area contributed by atoms with Crippen molar-refractivity contribution in [3.63, 3.8) is 0 Å². The third-order valence-electron chi connectivity index (χ3n) is 7.61. The minimum absolute atomic E-state index is 0.229. The highest BCUT2D eigenvalue weighted by Crippen LogP contribution is 2.49. The molecule has 0 amide bonds. The summed E-state index contributed by atoms with van der Waals surface area (Å²) in [6.07, 6.45) is 7.25. The van der Waals surface area contributed by atoms with Crippen LogP contribution >= 0.6 is 0 Å².